The van der Waals surface area contributed by atoms with Gasteiger partial charge in [-0.2, -0.15) is 0 Å². The minimum absolute atomic E-state index is 0.0940. The number of halogens is 5. The fourth-order valence-corrected chi connectivity index (χ4v) is 2.79. The largest absolute Gasteiger partial charge is 0.508 e. The average Bonchev–Trinajstić information content (AvgIpc) is 2.47. The highest BCUT2D eigenvalue weighted by molar-refractivity contribution is 8.45. The summed E-state index contributed by atoms with van der Waals surface area (Å²) in [5.41, 5.74) is 0.291. The quantitative estimate of drug-likeness (QED) is 0.492. The van der Waals surface area contributed by atoms with Crippen molar-refractivity contribution in [2.45, 2.75) is 11.3 Å². The summed E-state index contributed by atoms with van der Waals surface area (Å²) >= 11 is 0. The molecule has 2 N–H and O–H groups in total. The normalized spacial score (nSPS) is 14.3. The number of benzene rings is 2. The van der Waals surface area contributed by atoms with Crippen molar-refractivity contribution in [3.8, 4) is 5.75 Å². The molecular weight excluding hydrogens is 365 g/mol. The summed E-state index contributed by atoms with van der Waals surface area (Å²) in [6.45, 7) is 3.51. The van der Waals surface area contributed by atoms with Crippen LogP contribution < -0.4 is 5.32 Å². The van der Waals surface area contributed by atoms with Crippen LogP contribution >= 0.6 is 10.2 Å². The maximum atomic E-state index is 12.7. The van der Waals surface area contributed by atoms with Gasteiger partial charge >= 0.3 is 10.2 Å². The van der Waals surface area contributed by atoms with E-state index in [-0.39, 0.29) is 35.6 Å². The van der Waals surface area contributed by atoms with Gasteiger partial charge in [-0.25, -0.2) is 0 Å². The standard InChI is InChI=1S/C16H14F5NO2S/c1-2-4-13-14(5-3-6-15(13)23)16(24)22-11-7-9-12(10-8-11)25(17,18,19,20)21/h2-3,5-10,23H,1,4H2,(H,22,24). The zero-order valence-electron chi connectivity index (χ0n) is 12.7. The molecule has 0 heterocycles. The van der Waals surface area contributed by atoms with Crippen LogP contribution in [-0.4, -0.2) is 11.0 Å². The number of nitrogens with one attached hydrogen (secondary N) is 1. The fraction of sp³-hybridized carbons (Fsp3) is 0.0625. The maximum absolute atomic E-state index is 12.7. The molecule has 9 heteroatoms. The summed E-state index contributed by atoms with van der Waals surface area (Å²) in [5.74, 6) is -0.836. The van der Waals surface area contributed by atoms with Crippen molar-refractivity contribution in [1.82, 2.24) is 0 Å². The molecule has 0 fully saturated rings. The van der Waals surface area contributed by atoms with Crippen LogP contribution in [-0.2, 0) is 6.42 Å². The molecule has 2 aromatic rings. The third-order valence-electron chi connectivity index (χ3n) is 3.30. The lowest BCUT2D eigenvalue weighted by Gasteiger charge is -2.40. The number of carbonyl (C=O) groups is 1. The van der Waals surface area contributed by atoms with Crippen LogP contribution in [0.3, 0.4) is 0 Å². The van der Waals surface area contributed by atoms with Gasteiger partial charge in [-0.05, 0) is 42.8 Å². The van der Waals surface area contributed by atoms with E-state index >= 15 is 0 Å². The molecule has 0 saturated carbocycles. The number of anilines is 1. The van der Waals surface area contributed by atoms with Gasteiger partial charge in [0, 0.05) is 16.8 Å². The smallest absolute Gasteiger partial charge is 0.310 e. The highest BCUT2D eigenvalue weighted by Gasteiger charge is 2.65. The van der Waals surface area contributed by atoms with E-state index in [1.54, 1.807) is 0 Å². The number of carbonyl (C=O) groups excluding carboxylic acids is 1. The van der Waals surface area contributed by atoms with Crippen LogP contribution in [0.2, 0.25) is 0 Å². The topological polar surface area (TPSA) is 49.3 Å². The number of amides is 1. The van der Waals surface area contributed by atoms with Gasteiger partial charge in [0.1, 0.15) is 10.6 Å². The second-order valence-electron chi connectivity index (χ2n) is 5.24. The first-order chi connectivity index (χ1) is 11.3. The molecular formula is C16H14F5NO2S. The first kappa shape index (κ1) is 18.8. The summed E-state index contributed by atoms with van der Waals surface area (Å²) < 4.78 is 63.3. The van der Waals surface area contributed by atoms with Gasteiger partial charge in [0.05, 0.1) is 0 Å². The zero-order chi connectivity index (χ0) is 18.9. The average molecular weight is 379 g/mol. The number of hydrogen-bond acceptors (Lipinski definition) is 2. The predicted molar refractivity (Wildman–Crippen MR) is 87.8 cm³/mol. The van der Waals surface area contributed by atoms with Crippen LogP contribution in [0.1, 0.15) is 15.9 Å². The minimum Gasteiger partial charge on any atom is -0.508 e. The Morgan fingerprint density at radius 2 is 1.68 bits per heavy atom. The third kappa shape index (κ3) is 4.50. The Balaban J connectivity index is 2.29. The van der Waals surface area contributed by atoms with Crippen molar-refractivity contribution in [3.63, 3.8) is 0 Å². The van der Waals surface area contributed by atoms with E-state index in [4.69, 9.17) is 0 Å². The Kier molecular flexibility index (Phi) is 4.12. The number of phenolic OH excluding ortho intramolecular Hbond substituents is 1. The molecule has 0 bridgehead atoms. The molecule has 25 heavy (non-hydrogen) atoms. The van der Waals surface area contributed by atoms with Gasteiger partial charge in [-0.3, -0.25) is 4.79 Å². The van der Waals surface area contributed by atoms with Gasteiger partial charge in [-0.15, -0.1) is 6.58 Å². The molecule has 0 aromatic heterocycles. The predicted octanol–water partition coefficient (Wildman–Crippen LogP) is 6.03. The van der Waals surface area contributed by atoms with Crippen LogP contribution in [0, 0.1) is 0 Å². The molecule has 0 aliphatic rings. The monoisotopic (exact) mass is 379 g/mol. The van der Waals surface area contributed by atoms with Crippen LogP contribution in [0.25, 0.3) is 0 Å². The summed E-state index contributed by atoms with van der Waals surface area (Å²) in [6, 6.07) is 6.11. The van der Waals surface area contributed by atoms with Gasteiger partial charge in [0.15, 0.2) is 0 Å². The molecule has 0 saturated heterocycles. The molecule has 2 aromatic carbocycles. The molecule has 0 aliphatic carbocycles. The molecule has 0 unspecified atom stereocenters. The maximum Gasteiger partial charge on any atom is 0.310 e. The van der Waals surface area contributed by atoms with Crippen molar-refractivity contribution in [3.05, 3.63) is 66.2 Å². The number of allylic oxidation sites excluding steroid dienone is 1. The van der Waals surface area contributed by atoms with E-state index in [1.165, 1.54) is 24.3 Å². The Morgan fingerprint density at radius 1 is 1.08 bits per heavy atom. The van der Waals surface area contributed by atoms with Crippen molar-refractivity contribution < 1.29 is 29.3 Å². The third-order valence-corrected chi connectivity index (χ3v) is 4.47. The first-order valence-electron chi connectivity index (χ1n) is 6.89. The number of rotatable bonds is 5. The van der Waals surface area contributed by atoms with E-state index in [9.17, 15) is 29.3 Å². The highest BCUT2D eigenvalue weighted by atomic mass is 32.5. The lowest BCUT2D eigenvalue weighted by Crippen LogP contribution is -2.14. The van der Waals surface area contributed by atoms with E-state index in [2.05, 4.69) is 11.9 Å². The fourth-order valence-electron chi connectivity index (χ4n) is 2.14. The van der Waals surface area contributed by atoms with Crippen molar-refractivity contribution in [2.24, 2.45) is 0 Å². The lowest BCUT2D eigenvalue weighted by atomic mass is 10.0. The molecule has 0 aliphatic heterocycles. The Hall–Kier alpha value is -2.55. The SMILES string of the molecule is C=CCc1c(O)cccc1C(=O)Nc1ccc(S(F)(F)(F)(F)F)cc1. The van der Waals surface area contributed by atoms with E-state index in [0.29, 0.717) is 5.56 Å². The van der Waals surface area contributed by atoms with Gasteiger partial charge < -0.3 is 10.4 Å². The summed E-state index contributed by atoms with van der Waals surface area (Å²) in [5, 5.41) is 12.1. The summed E-state index contributed by atoms with van der Waals surface area (Å²) in [4.78, 5) is 10.2. The second-order valence-corrected chi connectivity index (χ2v) is 7.65. The van der Waals surface area contributed by atoms with Crippen molar-refractivity contribution in [1.29, 1.82) is 0 Å². The molecule has 2 rings (SSSR count). The number of aromatic hydroxyl groups is 1. The van der Waals surface area contributed by atoms with Gasteiger partial charge in [-0.1, -0.05) is 31.6 Å². The Bertz CT molecular complexity index is 832. The molecule has 3 nitrogen and oxygen atoms in total. The van der Waals surface area contributed by atoms with Crippen molar-refractivity contribution >= 4 is 21.8 Å². The Morgan fingerprint density at radius 3 is 2.20 bits per heavy atom. The number of hydrogen-bond donors (Lipinski definition) is 2. The van der Waals surface area contributed by atoms with Crippen molar-refractivity contribution in [2.75, 3.05) is 5.32 Å². The van der Waals surface area contributed by atoms with E-state index in [1.807, 2.05) is 0 Å². The second kappa shape index (κ2) is 5.48. The molecule has 0 atom stereocenters. The molecule has 0 radical (unpaired) electrons. The summed E-state index contributed by atoms with van der Waals surface area (Å²) in [7, 11) is -9.75. The molecule has 136 valence electrons. The molecule has 1 amide bonds. The lowest BCUT2D eigenvalue weighted by molar-refractivity contribution is 0.102. The number of phenols is 1. The van der Waals surface area contributed by atoms with Crippen LogP contribution in [0.4, 0.5) is 25.1 Å². The Labute approximate surface area is 140 Å². The highest BCUT2D eigenvalue weighted by Crippen LogP contribution is 3.02. The van der Waals surface area contributed by atoms with Crippen LogP contribution in [0.15, 0.2) is 60.0 Å². The van der Waals surface area contributed by atoms with Gasteiger partial charge in [0.25, 0.3) is 5.91 Å². The molecule has 0 spiro atoms. The van der Waals surface area contributed by atoms with E-state index in [0.717, 1.165) is 12.1 Å². The van der Waals surface area contributed by atoms with Gasteiger partial charge in [0.2, 0.25) is 0 Å². The minimum atomic E-state index is -9.75. The zero-order valence-corrected chi connectivity index (χ0v) is 13.5. The summed E-state index contributed by atoms with van der Waals surface area (Å²) in [6.07, 6.45) is 1.66. The van der Waals surface area contributed by atoms with E-state index < -0.39 is 21.0 Å². The van der Waals surface area contributed by atoms with Crippen LogP contribution in [0.5, 0.6) is 5.75 Å². The first-order valence-corrected chi connectivity index (χ1v) is 8.84.